The minimum Gasteiger partial charge on any atom is -0.474 e. The first kappa shape index (κ1) is 20.7. The number of anilines is 2. The van der Waals surface area contributed by atoms with Crippen molar-refractivity contribution in [3.8, 4) is 0 Å². The minimum absolute atomic E-state index is 0.148. The number of aliphatic carboxylic acids is 1. The van der Waals surface area contributed by atoms with E-state index in [0.717, 1.165) is 24.9 Å². The smallest absolute Gasteiger partial charge is 0.393 e. The van der Waals surface area contributed by atoms with Crippen LogP contribution in [0.4, 0.5) is 11.5 Å². The van der Waals surface area contributed by atoms with Gasteiger partial charge in [0.25, 0.3) is 5.91 Å². The molecule has 1 aromatic carbocycles. The Morgan fingerprint density at radius 3 is 2.94 bits per heavy atom. The molecule has 32 heavy (non-hydrogen) atoms. The second-order valence-electron chi connectivity index (χ2n) is 7.84. The van der Waals surface area contributed by atoms with E-state index in [1.165, 1.54) is 16.8 Å². The lowest BCUT2D eigenvalue weighted by Gasteiger charge is -2.27. The standard InChI is InChI=1S/C21H22N6O4S/c1-25-16(23-18(31-25)20(29)30)12-5-3-6-13(9-12)27-11-14-7-4-8-26(14)17-15(19(27)28)10-22-21(24-17)32-2/h3,5-6,9-10,14,16H,4,7-8,11H2,1-2H3,(H,29,30)/t14?,16-/m0/s1. The maximum atomic E-state index is 13.6. The zero-order chi connectivity index (χ0) is 22.4. The van der Waals surface area contributed by atoms with Crippen molar-refractivity contribution in [1.29, 1.82) is 0 Å². The van der Waals surface area contributed by atoms with Gasteiger partial charge in [0.15, 0.2) is 11.3 Å². The van der Waals surface area contributed by atoms with Crippen molar-refractivity contribution in [1.82, 2.24) is 15.0 Å². The number of carboxylic acid groups (broad SMARTS) is 1. The molecule has 1 saturated heterocycles. The van der Waals surface area contributed by atoms with E-state index in [4.69, 9.17) is 4.84 Å². The molecule has 1 N–H and O–H groups in total. The molecule has 3 aliphatic heterocycles. The van der Waals surface area contributed by atoms with E-state index in [1.54, 1.807) is 18.1 Å². The summed E-state index contributed by atoms with van der Waals surface area (Å²) in [5.74, 6) is -1.02. The van der Waals surface area contributed by atoms with Gasteiger partial charge in [-0.05, 0) is 36.8 Å². The zero-order valence-electron chi connectivity index (χ0n) is 17.6. The Kier molecular flexibility index (Phi) is 5.22. The van der Waals surface area contributed by atoms with Gasteiger partial charge in [-0.1, -0.05) is 23.9 Å². The quantitative estimate of drug-likeness (QED) is 0.549. The number of aliphatic imine (C=N–C) groups is 1. The molecular weight excluding hydrogens is 432 g/mol. The third-order valence-electron chi connectivity index (χ3n) is 5.92. The average Bonchev–Trinajstić information content (AvgIpc) is 3.40. The second-order valence-corrected chi connectivity index (χ2v) is 8.62. The summed E-state index contributed by atoms with van der Waals surface area (Å²) in [6.07, 6.45) is 4.96. The molecule has 2 aromatic rings. The number of hydroxylamine groups is 2. The highest BCUT2D eigenvalue weighted by Gasteiger charge is 2.38. The number of rotatable bonds is 4. The average molecular weight is 455 g/mol. The fourth-order valence-corrected chi connectivity index (χ4v) is 4.76. The molecule has 0 bridgehead atoms. The van der Waals surface area contributed by atoms with E-state index in [-0.39, 0.29) is 17.8 Å². The van der Waals surface area contributed by atoms with Crippen LogP contribution >= 0.6 is 11.8 Å². The second kappa shape index (κ2) is 8.06. The topological polar surface area (TPSA) is 111 Å². The summed E-state index contributed by atoms with van der Waals surface area (Å²) < 4.78 is 0. The van der Waals surface area contributed by atoms with Crippen LogP contribution in [0.15, 0.2) is 40.6 Å². The number of thioether (sulfide) groups is 1. The Morgan fingerprint density at radius 2 is 2.19 bits per heavy atom. The van der Waals surface area contributed by atoms with E-state index < -0.39 is 12.1 Å². The normalized spacial score (nSPS) is 22.8. The number of nitrogens with zero attached hydrogens (tertiary/aromatic N) is 6. The van der Waals surface area contributed by atoms with E-state index in [2.05, 4.69) is 19.9 Å². The van der Waals surface area contributed by atoms with Gasteiger partial charge in [0.2, 0.25) is 0 Å². The fourth-order valence-electron chi connectivity index (χ4n) is 4.43. The first-order valence-corrected chi connectivity index (χ1v) is 11.5. The molecule has 1 unspecified atom stereocenters. The molecule has 2 atom stereocenters. The van der Waals surface area contributed by atoms with Gasteiger partial charge < -0.3 is 19.7 Å². The summed E-state index contributed by atoms with van der Waals surface area (Å²) in [4.78, 5) is 47.2. The minimum atomic E-state index is -1.22. The van der Waals surface area contributed by atoms with Gasteiger partial charge in [-0.3, -0.25) is 4.79 Å². The fraction of sp³-hybridized carbons (Fsp3) is 0.381. The largest absolute Gasteiger partial charge is 0.474 e. The lowest BCUT2D eigenvalue weighted by molar-refractivity contribution is -0.134. The molecule has 0 radical (unpaired) electrons. The molecule has 1 aromatic heterocycles. The van der Waals surface area contributed by atoms with Crippen LogP contribution in [0.3, 0.4) is 0 Å². The maximum absolute atomic E-state index is 13.6. The lowest BCUT2D eigenvalue weighted by Crippen LogP contribution is -2.39. The van der Waals surface area contributed by atoms with Gasteiger partial charge >= 0.3 is 11.9 Å². The molecule has 0 spiro atoms. The number of benzene rings is 1. The predicted molar refractivity (Wildman–Crippen MR) is 119 cm³/mol. The molecule has 0 saturated carbocycles. The highest BCUT2D eigenvalue weighted by Crippen LogP contribution is 2.35. The third-order valence-corrected chi connectivity index (χ3v) is 6.49. The van der Waals surface area contributed by atoms with Crippen molar-refractivity contribution in [2.75, 3.05) is 36.2 Å². The van der Waals surface area contributed by atoms with Gasteiger partial charge in [-0.25, -0.2) is 19.8 Å². The lowest BCUT2D eigenvalue weighted by atomic mass is 10.1. The molecule has 5 rings (SSSR count). The molecule has 1 amide bonds. The maximum Gasteiger partial charge on any atom is 0.393 e. The van der Waals surface area contributed by atoms with Crippen molar-refractivity contribution >= 4 is 41.0 Å². The van der Waals surface area contributed by atoms with Gasteiger partial charge in [0.05, 0.1) is 0 Å². The summed E-state index contributed by atoms with van der Waals surface area (Å²) in [6.45, 7) is 1.40. The Bertz CT molecular complexity index is 1130. The van der Waals surface area contributed by atoms with Crippen molar-refractivity contribution in [2.24, 2.45) is 4.99 Å². The van der Waals surface area contributed by atoms with Crippen molar-refractivity contribution in [3.63, 3.8) is 0 Å². The van der Waals surface area contributed by atoms with Gasteiger partial charge in [0, 0.05) is 38.1 Å². The summed E-state index contributed by atoms with van der Waals surface area (Å²) in [7, 11) is 1.63. The Balaban J connectivity index is 1.53. The summed E-state index contributed by atoms with van der Waals surface area (Å²) in [5.41, 5.74) is 1.94. The molecule has 0 aliphatic carbocycles. The number of hydrogen-bond donors (Lipinski definition) is 1. The molecule has 166 valence electrons. The van der Waals surface area contributed by atoms with Crippen LogP contribution in [0.5, 0.6) is 0 Å². The number of hydrogen-bond acceptors (Lipinski definition) is 9. The summed E-state index contributed by atoms with van der Waals surface area (Å²) in [6, 6.07) is 7.58. The van der Waals surface area contributed by atoms with Crippen molar-refractivity contribution in [3.05, 3.63) is 41.6 Å². The van der Waals surface area contributed by atoms with E-state index in [9.17, 15) is 14.7 Å². The number of carboxylic acids is 1. The Hall–Kier alpha value is -3.18. The van der Waals surface area contributed by atoms with Gasteiger partial charge in [-0.2, -0.15) is 0 Å². The van der Waals surface area contributed by atoms with E-state index >= 15 is 0 Å². The Morgan fingerprint density at radius 1 is 1.34 bits per heavy atom. The number of fused-ring (bicyclic) bond motifs is 3. The van der Waals surface area contributed by atoms with Crippen LogP contribution in [0.1, 0.15) is 34.9 Å². The molecule has 3 aliphatic rings. The predicted octanol–water partition coefficient (Wildman–Crippen LogP) is 2.19. The van der Waals surface area contributed by atoms with Gasteiger partial charge in [-0.15, -0.1) is 5.06 Å². The first-order valence-electron chi connectivity index (χ1n) is 10.3. The number of amides is 1. The molecule has 4 heterocycles. The first-order chi connectivity index (χ1) is 15.5. The third kappa shape index (κ3) is 3.47. The zero-order valence-corrected chi connectivity index (χ0v) is 18.4. The molecule has 10 nitrogen and oxygen atoms in total. The van der Waals surface area contributed by atoms with Crippen LogP contribution in [0.25, 0.3) is 0 Å². The van der Waals surface area contributed by atoms with Crippen LogP contribution in [0, 0.1) is 0 Å². The van der Waals surface area contributed by atoms with Crippen LogP contribution in [-0.2, 0) is 9.63 Å². The van der Waals surface area contributed by atoms with Gasteiger partial charge in [0.1, 0.15) is 11.4 Å². The monoisotopic (exact) mass is 454 g/mol. The highest BCUT2D eigenvalue weighted by atomic mass is 32.2. The van der Waals surface area contributed by atoms with Crippen molar-refractivity contribution < 1.29 is 19.5 Å². The number of carbonyl (C=O) groups is 2. The highest BCUT2D eigenvalue weighted by molar-refractivity contribution is 7.98. The number of aromatic nitrogens is 2. The van der Waals surface area contributed by atoms with Crippen molar-refractivity contribution in [2.45, 2.75) is 30.2 Å². The van der Waals surface area contributed by atoms with Crippen LogP contribution < -0.4 is 9.80 Å². The van der Waals surface area contributed by atoms with Crippen LogP contribution in [-0.4, -0.2) is 70.3 Å². The Labute approximate surface area is 188 Å². The van der Waals surface area contributed by atoms with E-state index in [1.807, 2.05) is 30.5 Å². The SMILES string of the molecule is CSc1ncc2c(n1)N1CCCC1CN(c1cccc([C@H]3N=C(C(=O)O)ON3C)c1)C2=O. The summed E-state index contributed by atoms with van der Waals surface area (Å²) in [5, 5.41) is 11.2. The molecule has 1 fully saturated rings. The van der Waals surface area contributed by atoms with Crippen LogP contribution in [0.2, 0.25) is 0 Å². The molecule has 11 heteroatoms. The molecular formula is C21H22N6O4S. The van der Waals surface area contributed by atoms with E-state index in [0.29, 0.717) is 28.8 Å². The summed E-state index contributed by atoms with van der Waals surface area (Å²) >= 11 is 1.45. The number of carbonyl (C=O) groups excluding carboxylic acids is 1.